The van der Waals surface area contributed by atoms with Gasteiger partial charge in [0.2, 0.25) is 0 Å². The number of aromatic nitrogens is 4. The molecule has 2 N–H and O–H groups in total. The van der Waals surface area contributed by atoms with Crippen molar-refractivity contribution >= 4 is 16.9 Å². The zero-order chi connectivity index (χ0) is 18.2. The summed E-state index contributed by atoms with van der Waals surface area (Å²) in [5.74, 6) is 1.21. The van der Waals surface area contributed by atoms with Crippen LogP contribution in [0.5, 0.6) is 0 Å². The van der Waals surface area contributed by atoms with Gasteiger partial charge in [0.1, 0.15) is 17.5 Å². The van der Waals surface area contributed by atoms with Crippen LogP contribution in [0.4, 0.5) is 5.82 Å². The second-order valence-electron chi connectivity index (χ2n) is 6.53. The molecule has 27 heavy (non-hydrogen) atoms. The molecule has 0 bridgehead atoms. The zero-order valence-electron chi connectivity index (χ0n) is 14.6. The lowest BCUT2D eigenvalue weighted by atomic mass is 10.0. The Balaban J connectivity index is 1.55. The third-order valence-electron chi connectivity index (χ3n) is 4.75. The first-order valence-corrected chi connectivity index (χ1v) is 8.81. The first-order chi connectivity index (χ1) is 13.3. The molecule has 0 unspecified atom stereocenters. The largest absolute Gasteiger partial charge is 0.382 e. The van der Waals surface area contributed by atoms with Crippen LogP contribution in [0.2, 0.25) is 0 Å². The van der Waals surface area contributed by atoms with Gasteiger partial charge in [-0.3, -0.25) is 0 Å². The van der Waals surface area contributed by atoms with Crippen molar-refractivity contribution in [3.63, 3.8) is 0 Å². The van der Waals surface area contributed by atoms with Gasteiger partial charge in [0.05, 0.1) is 0 Å². The Kier molecular flexibility index (Phi) is 3.57. The molecule has 2 aromatic heterocycles. The van der Waals surface area contributed by atoms with E-state index >= 15 is 0 Å². The maximum atomic E-state index is 6.15. The van der Waals surface area contributed by atoms with E-state index in [9.17, 15) is 0 Å². The number of nitrogens with two attached hydrogens (primary N) is 1. The molecular formula is C22H17N5. The number of allylic oxidation sites excluding steroid dienone is 4. The van der Waals surface area contributed by atoms with Crippen molar-refractivity contribution in [2.75, 3.05) is 5.73 Å². The van der Waals surface area contributed by atoms with Gasteiger partial charge in [-0.25, -0.2) is 14.5 Å². The van der Waals surface area contributed by atoms with Gasteiger partial charge in [0.15, 0.2) is 11.6 Å². The van der Waals surface area contributed by atoms with Gasteiger partial charge in [-0.2, -0.15) is 5.10 Å². The van der Waals surface area contributed by atoms with E-state index in [1.54, 1.807) is 4.52 Å². The van der Waals surface area contributed by atoms with Gasteiger partial charge >= 0.3 is 0 Å². The van der Waals surface area contributed by atoms with Gasteiger partial charge in [-0.1, -0.05) is 72.8 Å². The first kappa shape index (κ1) is 15.5. The molecule has 0 saturated carbocycles. The molecule has 5 rings (SSSR count). The van der Waals surface area contributed by atoms with Crippen molar-refractivity contribution in [1.82, 2.24) is 19.6 Å². The summed E-state index contributed by atoms with van der Waals surface area (Å²) in [6.07, 6.45) is 8.38. The molecule has 0 radical (unpaired) electrons. The van der Waals surface area contributed by atoms with E-state index in [4.69, 9.17) is 10.7 Å². The van der Waals surface area contributed by atoms with Crippen LogP contribution in [0.25, 0.3) is 22.3 Å². The molecule has 130 valence electrons. The lowest BCUT2D eigenvalue weighted by Gasteiger charge is -2.05. The Morgan fingerprint density at radius 2 is 1.67 bits per heavy atom. The highest BCUT2D eigenvalue weighted by Gasteiger charge is 2.19. The minimum Gasteiger partial charge on any atom is -0.382 e. The summed E-state index contributed by atoms with van der Waals surface area (Å²) in [7, 11) is 0. The zero-order valence-corrected chi connectivity index (χ0v) is 14.6. The first-order valence-electron chi connectivity index (χ1n) is 8.81. The number of hydrogen-bond acceptors (Lipinski definition) is 4. The van der Waals surface area contributed by atoms with Gasteiger partial charge < -0.3 is 5.73 Å². The average Bonchev–Trinajstić information content (AvgIpc) is 3.03. The molecule has 0 saturated heterocycles. The molecule has 0 atom stereocenters. The second kappa shape index (κ2) is 6.21. The molecule has 0 spiro atoms. The van der Waals surface area contributed by atoms with Crippen molar-refractivity contribution in [2.45, 2.75) is 6.42 Å². The number of hydrogen-bond donors (Lipinski definition) is 1. The molecule has 2 heterocycles. The molecular weight excluding hydrogens is 334 g/mol. The van der Waals surface area contributed by atoms with Crippen LogP contribution < -0.4 is 5.73 Å². The second-order valence-corrected chi connectivity index (χ2v) is 6.53. The highest BCUT2D eigenvalue weighted by molar-refractivity contribution is 5.89. The fourth-order valence-electron chi connectivity index (χ4n) is 3.30. The molecule has 2 aromatic carbocycles. The third kappa shape index (κ3) is 2.69. The van der Waals surface area contributed by atoms with Crippen molar-refractivity contribution in [1.29, 1.82) is 0 Å². The summed E-state index contributed by atoms with van der Waals surface area (Å²) in [6.45, 7) is 0. The van der Waals surface area contributed by atoms with Crippen LogP contribution in [0.3, 0.4) is 0 Å². The van der Waals surface area contributed by atoms with Crippen molar-refractivity contribution in [3.05, 3.63) is 96.1 Å². The summed E-state index contributed by atoms with van der Waals surface area (Å²) >= 11 is 0. The molecule has 5 heteroatoms. The molecule has 0 aliphatic heterocycles. The van der Waals surface area contributed by atoms with E-state index in [-0.39, 0.29) is 0 Å². The van der Waals surface area contributed by atoms with E-state index in [1.807, 2.05) is 24.3 Å². The predicted molar refractivity (Wildman–Crippen MR) is 107 cm³/mol. The van der Waals surface area contributed by atoms with Crippen LogP contribution in [-0.4, -0.2) is 19.6 Å². The Labute approximate surface area is 156 Å². The standard InChI is InChI=1S/C22H17N5/c23-21-20-19(26-22(18-7-4-8-18)27(20)25-14-24-21)17-11-9-16(10-12-17)13-15-5-2-1-3-6-15/h1-12,14H,13H2,(H2,23,24,25). The van der Waals surface area contributed by atoms with Crippen LogP contribution in [0.15, 0.2) is 79.2 Å². The number of anilines is 1. The number of nitrogens with zero attached hydrogens (tertiary/aromatic N) is 4. The monoisotopic (exact) mass is 351 g/mol. The fourth-order valence-corrected chi connectivity index (χ4v) is 3.30. The molecule has 5 nitrogen and oxygen atoms in total. The number of rotatable bonds is 4. The highest BCUT2D eigenvalue weighted by Crippen LogP contribution is 2.31. The van der Waals surface area contributed by atoms with E-state index in [0.717, 1.165) is 34.6 Å². The highest BCUT2D eigenvalue weighted by atomic mass is 15.3. The third-order valence-corrected chi connectivity index (χ3v) is 4.75. The number of fused-ring (bicyclic) bond motifs is 1. The summed E-state index contributed by atoms with van der Waals surface area (Å²) in [5.41, 5.74) is 12.3. The quantitative estimate of drug-likeness (QED) is 0.605. The number of imidazole rings is 1. The topological polar surface area (TPSA) is 69.1 Å². The summed E-state index contributed by atoms with van der Waals surface area (Å²) < 4.78 is 1.77. The Hall–Kier alpha value is -3.73. The van der Waals surface area contributed by atoms with E-state index in [2.05, 4.69) is 58.6 Å². The Morgan fingerprint density at radius 1 is 0.926 bits per heavy atom. The predicted octanol–water partition coefficient (Wildman–Crippen LogP) is 3.92. The van der Waals surface area contributed by atoms with E-state index < -0.39 is 0 Å². The van der Waals surface area contributed by atoms with E-state index in [1.165, 1.54) is 17.5 Å². The lowest BCUT2D eigenvalue weighted by molar-refractivity contribution is 0.880. The smallest absolute Gasteiger partial charge is 0.162 e. The minimum absolute atomic E-state index is 0.427. The molecule has 1 aliphatic rings. The molecule has 4 aromatic rings. The average molecular weight is 351 g/mol. The SMILES string of the molecule is Nc1ncnn2c(C3=CC=C3)nc(-c3ccc(Cc4ccccc4)cc3)c12. The van der Waals surface area contributed by atoms with Gasteiger partial charge in [0, 0.05) is 11.1 Å². The summed E-state index contributed by atoms with van der Waals surface area (Å²) in [6, 6.07) is 18.9. The van der Waals surface area contributed by atoms with Crippen molar-refractivity contribution < 1.29 is 0 Å². The van der Waals surface area contributed by atoms with Gasteiger partial charge in [0.25, 0.3) is 0 Å². The minimum atomic E-state index is 0.427. The maximum Gasteiger partial charge on any atom is 0.162 e. The van der Waals surface area contributed by atoms with Crippen molar-refractivity contribution in [3.8, 4) is 11.3 Å². The van der Waals surface area contributed by atoms with Gasteiger partial charge in [-0.05, 0) is 17.5 Å². The lowest BCUT2D eigenvalue weighted by Crippen LogP contribution is -2.02. The normalized spacial score (nSPS) is 12.8. The molecule has 0 fully saturated rings. The Bertz CT molecular complexity index is 1180. The van der Waals surface area contributed by atoms with Crippen LogP contribution in [-0.2, 0) is 6.42 Å². The maximum absolute atomic E-state index is 6.15. The van der Waals surface area contributed by atoms with Crippen molar-refractivity contribution in [2.24, 2.45) is 0 Å². The summed E-state index contributed by atoms with van der Waals surface area (Å²) in [4.78, 5) is 8.97. The fraction of sp³-hybridized carbons (Fsp3) is 0.0455. The van der Waals surface area contributed by atoms with Crippen LogP contribution >= 0.6 is 0 Å². The number of benzene rings is 2. The van der Waals surface area contributed by atoms with E-state index in [0.29, 0.717) is 5.82 Å². The van der Waals surface area contributed by atoms with Crippen LogP contribution in [0, 0.1) is 0 Å². The molecule has 0 amide bonds. The van der Waals surface area contributed by atoms with Gasteiger partial charge in [-0.15, -0.1) is 0 Å². The molecule has 1 aliphatic carbocycles. The summed E-state index contributed by atoms with van der Waals surface area (Å²) in [5, 5.41) is 4.35. The number of nitrogen functional groups attached to an aromatic ring is 1. The Morgan fingerprint density at radius 3 is 2.37 bits per heavy atom. The van der Waals surface area contributed by atoms with Crippen LogP contribution in [0.1, 0.15) is 17.0 Å².